The standard InChI is InChI=1S/C19H14ClN3OS3/c1-11-4-2-3-5-14(11)23-16-15(27-19(23)25)17(24)22-18(21-16)26-10-12-6-8-13(20)9-7-12/h2-9H,10H2,1H3,(H,21,22,24). The quantitative estimate of drug-likeness (QED) is 0.253. The van der Waals surface area contributed by atoms with Gasteiger partial charge < -0.3 is 4.98 Å². The zero-order valence-corrected chi connectivity index (χ0v) is 17.4. The highest BCUT2D eigenvalue weighted by Crippen LogP contribution is 2.27. The van der Waals surface area contributed by atoms with E-state index >= 15 is 0 Å². The molecule has 2 heterocycles. The summed E-state index contributed by atoms with van der Waals surface area (Å²) in [4.78, 5) is 20.1. The predicted molar refractivity (Wildman–Crippen MR) is 116 cm³/mol. The van der Waals surface area contributed by atoms with Gasteiger partial charge in [0.25, 0.3) is 5.56 Å². The van der Waals surface area contributed by atoms with E-state index in [4.69, 9.17) is 28.8 Å². The zero-order chi connectivity index (χ0) is 19.0. The average Bonchev–Trinajstić information content (AvgIpc) is 2.98. The number of nitrogens with zero attached hydrogens (tertiary/aromatic N) is 2. The number of H-pyrrole nitrogens is 1. The third kappa shape index (κ3) is 3.73. The summed E-state index contributed by atoms with van der Waals surface area (Å²) in [5, 5.41) is 1.27. The van der Waals surface area contributed by atoms with E-state index in [9.17, 15) is 4.79 Å². The molecule has 136 valence electrons. The second kappa shape index (κ2) is 7.59. The minimum atomic E-state index is -0.165. The number of thiazole rings is 1. The molecule has 0 aliphatic heterocycles. The van der Waals surface area contributed by atoms with Gasteiger partial charge in [-0.3, -0.25) is 9.36 Å². The Morgan fingerprint density at radius 2 is 1.96 bits per heavy atom. The molecule has 0 amide bonds. The number of benzene rings is 2. The van der Waals surface area contributed by atoms with Crippen molar-refractivity contribution in [3.05, 3.63) is 79.0 Å². The van der Waals surface area contributed by atoms with E-state index in [2.05, 4.69) is 4.98 Å². The number of aromatic amines is 1. The van der Waals surface area contributed by atoms with Gasteiger partial charge in [0.05, 0.1) is 5.69 Å². The third-order valence-electron chi connectivity index (χ3n) is 4.07. The van der Waals surface area contributed by atoms with Crippen LogP contribution in [0.4, 0.5) is 0 Å². The molecule has 0 aliphatic carbocycles. The first-order valence-corrected chi connectivity index (χ1v) is 10.7. The van der Waals surface area contributed by atoms with Crippen LogP contribution >= 0.6 is 46.9 Å². The van der Waals surface area contributed by atoms with Crippen molar-refractivity contribution in [2.75, 3.05) is 0 Å². The first-order valence-electron chi connectivity index (χ1n) is 8.12. The van der Waals surface area contributed by atoms with Gasteiger partial charge in [0.15, 0.2) is 14.8 Å². The van der Waals surface area contributed by atoms with Gasteiger partial charge in [-0.1, -0.05) is 65.0 Å². The number of fused-ring (bicyclic) bond motifs is 1. The maximum Gasteiger partial charge on any atom is 0.271 e. The van der Waals surface area contributed by atoms with Gasteiger partial charge in [0.2, 0.25) is 0 Å². The normalized spacial score (nSPS) is 11.2. The van der Waals surface area contributed by atoms with Crippen molar-refractivity contribution in [1.29, 1.82) is 0 Å². The number of rotatable bonds is 4. The fourth-order valence-electron chi connectivity index (χ4n) is 2.72. The van der Waals surface area contributed by atoms with Crippen molar-refractivity contribution in [2.24, 2.45) is 0 Å². The van der Waals surface area contributed by atoms with Gasteiger partial charge in [0, 0.05) is 10.8 Å². The Morgan fingerprint density at radius 3 is 2.70 bits per heavy atom. The monoisotopic (exact) mass is 431 g/mol. The molecule has 0 unspecified atom stereocenters. The van der Waals surface area contributed by atoms with Crippen LogP contribution in [0.2, 0.25) is 5.02 Å². The number of thioether (sulfide) groups is 1. The minimum Gasteiger partial charge on any atom is -0.300 e. The van der Waals surface area contributed by atoms with E-state index in [-0.39, 0.29) is 5.56 Å². The fraction of sp³-hybridized carbons (Fsp3) is 0.105. The lowest BCUT2D eigenvalue weighted by atomic mass is 10.2. The molecule has 8 heteroatoms. The molecular weight excluding hydrogens is 418 g/mol. The van der Waals surface area contributed by atoms with Gasteiger partial charge >= 0.3 is 0 Å². The largest absolute Gasteiger partial charge is 0.300 e. The Bertz CT molecular complexity index is 1240. The van der Waals surface area contributed by atoms with Crippen LogP contribution < -0.4 is 5.56 Å². The van der Waals surface area contributed by atoms with E-state index in [1.807, 2.05) is 60.0 Å². The van der Waals surface area contributed by atoms with Gasteiger partial charge in [0.1, 0.15) is 4.70 Å². The highest BCUT2D eigenvalue weighted by atomic mass is 35.5. The molecule has 4 nitrogen and oxygen atoms in total. The van der Waals surface area contributed by atoms with Gasteiger partial charge in [-0.05, 0) is 48.5 Å². The maximum absolute atomic E-state index is 12.6. The molecule has 1 N–H and O–H groups in total. The molecule has 0 atom stereocenters. The molecule has 0 radical (unpaired) electrons. The Hall–Kier alpha value is -1.93. The predicted octanol–water partition coefficient (Wildman–Crippen LogP) is 5.76. The van der Waals surface area contributed by atoms with E-state index in [1.54, 1.807) is 0 Å². The zero-order valence-electron chi connectivity index (χ0n) is 14.2. The summed E-state index contributed by atoms with van der Waals surface area (Å²) in [5.41, 5.74) is 3.56. The number of hydrogen-bond donors (Lipinski definition) is 1. The van der Waals surface area contributed by atoms with Crippen molar-refractivity contribution in [2.45, 2.75) is 17.8 Å². The van der Waals surface area contributed by atoms with Gasteiger partial charge in [-0.25, -0.2) is 4.98 Å². The van der Waals surface area contributed by atoms with E-state index in [0.717, 1.165) is 16.8 Å². The smallest absolute Gasteiger partial charge is 0.271 e. The SMILES string of the molecule is Cc1ccccc1-n1c(=S)sc2c(=O)[nH]c(SCc3ccc(Cl)cc3)nc21. The number of halogens is 1. The summed E-state index contributed by atoms with van der Waals surface area (Å²) in [5.74, 6) is 0.681. The lowest BCUT2D eigenvalue weighted by Gasteiger charge is -2.08. The average molecular weight is 432 g/mol. The summed E-state index contributed by atoms with van der Waals surface area (Å²) in [6.07, 6.45) is 0. The molecule has 0 aliphatic rings. The number of aryl methyl sites for hydroxylation is 1. The Morgan fingerprint density at radius 1 is 1.22 bits per heavy atom. The molecule has 0 saturated heterocycles. The molecule has 27 heavy (non-hydrogen) atoms. The summed E-state index contributed by atoms with van der Waals surface area (Å²) >= 11 is 14.2. The molecule has 4 aromatic rings. The van der Waals surface area contributed by atoms with Crippen LogP contribution in [0.5, 0.6) is 0 Å². The second-order valence-corrected chi connectivity index (χ2v) is 8.97. The van der Waals surface area contributed by atoms with Crippen LogP contribution in [-0.2, 0) is 5.75 Å². The topological polar surface area (TPSA) is 50.7 Å². The van der Waals surface area contributed by atoms with Gasteiger partial charge in [-0.2, -0.15) is 0 Å². The van der Waals surface area contributed by atoms with E-state index in [0.29, 0.717) is 30.2 Å². The molecular formula is C19H14ClN3OS3. The summed E-state index contributed by atoms with van der Waals surface area (Å²) in [6.45, 7) is 2.02. The van der Waals surface area contributed by atoms with Crippen molar-refractivity contribution in [3.63, 3.8) is 0 Å². The first-order chi connectivity index (χ1) is 13.0. The van der Waals surface area contributed by atoms with E-state index in [1.165, 1.54) is 23.1 Å². The lowest BCUT2D eigenvalue weighted by Crippen LogP contribution is -2.09. The van der Waals surface area contributed by atoms with Crippen molar-refractivity contribution >= 4 is 57.3 Å². The Labute approximate surface area is 173 Å². The summed E-state index contributed by atoms with van der Waals surface area (Å²) in [6, 6.07) is 15.6. The summed E-state index contributed by atoms with van der Waals surface area (Å²) in [7, 11) is 0. The fourth-order valence-corrected chi connectivity index (χ4v) is 4.92. The number of hydrogen-bond acceptors (Lipinski definition) is 5. The van der Waals surface area contributed by atoms with Crippen LogP contribution in [0.3, 0.4) is 0 Å². The molecule has 2 aromatic heterocycles. The van der Waals surface area contributed by atoms with Crippen LogP contribution in [-0.4, -0.2) is 14.5 Å². The van der Waals surface area contributed by atoms with Crippen LogP contribution in [0.15, 0.2) is 58.5 Å². The Kier molecular flexibility index (Phi) is 5.19. The van der Waals surface area contributed by atoms with Crippen LogP contribution in [0, 0.1) is 10.9 Å². The van der Waals surface area contributed by atoms with E-state index < -0.39 is 0 Å². The molecule has 0 bridgehead atoms. The highest BCUT2D eigenvalue weighted by Gasteiger charge is 2.15. The maximum atomic E-state index is 12.6. The number of aromatic nitrogens is 3. The van der Waals surface area contributed by atoms with Gasteiger partial charge in [-0.15, -0.1) is 0 Å². The third-order valence-corrected chi connectivity index (χ3v) is 6.62. The second-order valence-electron chi connectivity index (χ2n) is 5.93. The van der Waals surface area contributed by atoms with Crippen molar-refractivity contribution in [1.82, 2.24) is 14.5 Å². The van der Waals surface area contributed by atoms with Crippen molar-refractivity contribution in [3.8, 4) is 5.69 Å². The molecule has 0 spiro atoms. The molecule has 0 fully saturated rings. The lowest BCUT2D eigenvalue weighted by molar-refractivity contribution is 0.941. The minimum absolute atomic E-state index is 0.165. The first kappa shape index (κ1) is 18.4. The molecule has 2 aromatic carbocycles. The van der Waals surface area contributed by atoms with Crippen LogP contribution in [0.25, 0.3) is 16.0 Å². The molecule has 4 rings (SSSR count). The Balaban J connectivity index is 1.77. The highest BCUT2D eigenvalue weighted by molar-refractivity contribution is 7.98. The number of para-hydroxylation sites is 1. The number of nitrogens with one attached hydrogen (secondary N) is 1. The van der Waals surface area contributed by atoms with Crippen molar-refractivity contribution < 1.29 is 0 Å². The summed E-state index contributed by atoms with van der Waals surface area (Å²) < 4.78 is 3.03. The van der Waals surface area contributed by atoms with Crippen LogP contribution in [0.1, 0.15) is 11.1 Å². The molecule has 0 saturated carbocycles.